The third-order valence-electron chi connectivity index (χ3n) is 2.98. The van der Waals surface area contributed by atoms with Crippen molar-refractivity contribution < 1.29 is 23.9 Å². The maximum atomic E-state index is 12.1. The monoisotopic (exact) mass is 321 g/mol. The summed E-state index contributed by atoms with van der Waals surface area (Å²) in [4.78, 5) is 45.5. The van der Waals surface area contributed by atoms with Gasteiger partial charge in [-0.1, -0.05) is 0 Å². The molecule has 0 unspecified atom stereocenters. The number of hydrogen-bond donors (Lipinski definition) is 3. The summed E-state index contributed by atoms with van der Waals surface area (Å²) in [6, 6.07) is 5.14. The second kappa shape index (κ2) is 8.52. The van der Waals surface area contributed by atoms with Crippen LogP contribution in [-0.4, -0.2) is 36.8 Å². The Kier molecular flexibility index (Phi) is 6.72. The molecule has 0 aromatic heterocycles. The van der Waals surface area contributed by atoms with E-state index in [-0.39, 0.29) is 18.7 Å². The summed E-state index contributed by atoms with van der Waals surface area (Å²) in [6.07, 6.45) is 0.0174. The van der Waals surface area contributed by atoms with Crippen LogP contribution in [0.2, 0.25) is 0 Å². The molecule has 0 saturated heterocycles. The number of rotatable bonds is 7. The molecule has 0 spiro atoms. The van der Waals surface area contributed by atoms with Crippen molar-refractivity contribution in [2.75, 3.05) is 12.4 Å². The van der Waals surface area contributed by atoms with Crippen LogP contribution in [0.25, 0.3) is 0 Å². The molecular weight excluding hydrogens is 302 g/mol. The number of esters is 1. The molecule has 0 fully saturated rings. The van der Waals surface area contributed by atoms with Gasteiger partial charge in [-0.15, -0.1) is 0 Å². The number of hydrogen-bond acceptors (Lipinski definition) is 5. The summed E-state index contributed by atoms with van der Waals surface area (Å²) in [7, 11) is 1.23. The van der Waals surface area contributed by atoms with Crippen molar-refractivity contribution in [2.24, 2.45) is 5.73 Å². The molecule has 3 amide bonds. The number of carbonyl (C=O) groups is 4. The average molecular weight is 321 g/mol. The van der Waals surface area contributed by atoms with Crippen LogP contribution in [0.5, 0.6) is 0 Å². The minimum atomic E-state index is -0.975. The van der Waals surface area contributed by atoms with Crippen LogP contribution in [0.4, 0.5) is 5.69 Å². The topological polar surface area (TPSA) is 128 Å². The fourth-order valence-corrected chi connectivity index (χ4v) is 1.80. The van der Waals surface area contributed by atoms with Crippen molar-refractivity contribution in [3.8, 4) is 0 Å². The number of amides is 3. The number of benzene rings is 1. The first-order chi connectivity index (χ1) is 10.8. The number of methoxy groups -OCH3 is 1. The highest BCUT2D eigenvalue weighted by atomic mass is 16.5. The smallest absolute Gasteiger partial charge is 0.305 e. The molecule has 1 rings (SSSR count). The van der Waals surface area contributed by atoms with Gasteiger partial charge in [0.15, 0.2) is 0 Å². The van der Waals surface area contributed by atoms with E-state index >= 15 is 0 Å². The largest absolute Gasteiger partial charge is 0.469 e. The summed E-state index contributed by atoms with van der Waals surface area (Å²) >= 11 is 0. The highest BCUT2D eigenvalue weighted by Crippen LogP contribution is 2.10. The number of carbonyl (C=O) groups excluding carboxylic acids is 4. The third-order valence-corrected chi connectivity index (χ3v) is 2.98. The molecule has 1 aromatic rings. The molecule has 0 aliphatic carbocycles. The van der Waals surface area contributed by atoms with E-state index in [2.05, 4.69) is 15.4 Å². The highest BCUT2D eigenvalue weighted by Gasteiger charge is 2.20. The minimum Gasteiger partial charge on any atom is -0.469 e. The zero-order valence-corrected chi connectivity index (χ0v) is 12.9. The summed E-state index contributed by atoms with van der Waals surface area (Å²) < 4.78 is 4.48. The van der Waals surface area contributed by atoms with Crippen molar-refractivity contribution in [2.45, 2.75) is 25.8 Å². The van der Waals surface area contributed by atoms with E-state index in [1.807, 2.05) is 0 Å². The average Bonchev–Trinajstić information content (AvgIpc) is 2.50. The van der Waals surface area contributed by atoms with Gasteiger partial charge in [0.2, 0.25) is 11.8 Å². The van der Waals surface area contributed by atoms with Crippen molar-refractivity contribution in [3.63, 3.8) is 0 Å². The molecule has 0 heterocycles. The second-order valence-electron chi connectivity index (χ2n) is 4.80. The molecule has 8 heteroatoms. The Labute approximate surface area is 133 Å². The zero-order valence-electron chi connectivity index (χ0n) is 12.9. The van der Waals surface area contributed by atoms with Crippen LogP contribution in [0.3, 0.4) is 0 Å². The summed E-state index contributed by atoms with van der Waals surface area (Å²) in [6.45, 7) is 1.37. The van der Waals surface area contributed by atoms with Crippen LogP contribution in [-0.2, 0) is 19.1 Å². The Bertz CT molecular complexity index is 598. The predicted octanol–water partition coefficient (Wildman–Crippen LogP) is 0.182. The van der Waals surface area contributed by atoms with E-state index in [1.54, 1.807) is 12.1 Å². The van der Waals surface area contributed by atoms with E-state index in [4.69, 9.17) is 5.73 Å². The number of ether oxygens (including phenoxy) is 1. The Morgan fingerprint density at radius 2 is 1.78 bits per heavy atom. The van der Waals surface area contributed by atoms with Crippen LogP contribution in [0.1, 0.15) is 30.1 Å². The molecule has 0 aliphatic heterocycles. The van der Waals surface area contributed by atoms with Crippen molar-refractivity contribution in [3.05, 3.63) is 29.8 Å². The first kappa shape index (κ1) is 18.1. The zero-order chi connectivity index (χ0) is 17.4. The van der Waals surface area contributed by atoms with Crippen LogP contribution in [0.15, 0.2) is 24.3 Å². The quantitative estimate of drug-likeness (QED) is 0.617. The van der Waals surface area contributed by atoms with Crippen LogP contribution < -0.4 is 16.4 Å². The van der Waals surface area contributed by atoms with E-state index in [9.17, 15) is 19.2 Å². The summed E-state index contributed by atoms with van der Waals surface area (Å²) in [5, 5.41) is 5.04. The molecule has 0 aliphatic rings. The molecule has 8 nitrogen and oxygen atoms in total. The minimum absolute atomic E-state index is 0.0359. The molecule has 23 heavy (non-hydrogen) atoms. The maximum absolute atomic E-state index is 12.1. The SMILES string of the molecule is COC(=O)CC[C@H](NC(=O)c1ccc(NC(C)=O)cc1)C(N)=O. The molecule has 0 saturated carbocycles. The van der Waals surface area contributed by atoms with Gasteiger partial charge in [-0.2, -0.15) is 0 Å². The fourth-order valence-electron chi connectivity index (χ4n) is 1.80. The van der Waals surface area contributed by atoms with E-state index in [1.165, 1.54) is 26.2 Å². The predicted molar refractivity (Wildman–Crippen MR) is 82.4 cm³/mol. The van der Waals surface area contributed by atoms with Crippen molar-refractivity contribution >= 4 is 29.4 Å². The Morgan fingerprint density at radius 1 is 1.17 bits per heavy atom. The number of primary amides is 1. The van der Waals surface area contributed by atoms with Gasteiger partial charge in [-0.05, 0) is 30.7 Å². The first-order valence-electron chi connectivity index (χ1n) is 6.88. The molecule has 1 atom stereocenters. The van der Waals surface area contributed by atoms with Crippen LogP contribution in [0, 0.1) is 0 Å². The fraction of sp³-hybridized carbons (Fsp3) is 0.333. The standard InChI is InChI=1S/C15H19N3O5/c1-9(19)17-11-5-3-10(4-6-11)15(22)18-12(14(16)21)7-8-13(20)23-2/h3-6,12H,7-8H2,1-2H3,(H2,16,21)(H,17,19)(H,18,22)/t12-/m0/s1. The Hall–Kier alpha value is -2.90. The van der Waals surface area contributed by atoms with Gasteiger partial charge in [0.25, 0.3) is 5.91 Å². The van der Waals surface area contributed by atoms with Gasteiger partial charge >= 0.3 is 5.97 Å². The molecular formula is C15H19N3O5. The lowest BCUT2D eigenvalue weighted by molar-refractivity contribution is -0.140. The normalized spacial score (nSPS) is 11.2. The lowest BCUT2D eigenvalue weighted by Crippen LogP contribution is -2.44. The molecule has 1 aromatic carbocycles. The van der Waals surface area contributed by atoms with Gasteiger partial charge in [-0.25, -0.2) is 0 Å². The highest BCUT2D eigenvalue weighted by molar-refractivity contribution is 5.98. The molecule has 4 N–H and O–H groups in total. The van der Waals surface area contributed by atoms with Gasteiger partial charge in [0, 0.05) is 24.6 Å². The van der Waals surface area contributed by atoms with E-state index in [0.717, 1.165) is 0 Å². The number of nitrogens with one attached hydrogen (secondary N) is 2. The lowest BCUT2D eigenvalue weighted by Gasteiger charge is -2.15. The van der Waals surface area contributed by atoms with E-state index in [0.29, 0.717) is 11.3 Å². The lowest BCUT2D eigenvalue weighted by atomic mass is 10.1. The summed E-state index contributed by atoms with van der Waals surface area (Å²) in [5.41, 5.74) is 6.06. The summed E-state index contributed by atoms with van der Waals surface area (Å²) in [5.74, 6) is -1.96. The van der Waals surface area contributed by atoms with Crippen LogP contribution >= 0.6 is 0 Å². The van der Waals surface area contributed by atoms with Gasteiger partial charge < -0.3 is 21.1 Å². The van der Waals surface area contributed by atoms with Crippen molar-refractivity contribution in [1.29, 1.82) is 0 Å². The van der Waals surface area contributed by atoms with Crippen molar-refractivity contribution in [1.82, 2.24) is 5.32 Å². The molecule has 0 bridgehead atoms. The van der Waals surface area contributed by atoms with E-state index < -0.39 is 23.8 Å². The van der Waals surface area contributed by atoms with Gasteiger partial charge in [0.05, 0.1) is 7.11 Å². The Balaban J connectivity index is 2.69. The Morgan fingerprint density at radius 3 is 2.26 bits per heavy atom. The molecule has 124 valence electrons. The number of nitrogens with two attached hydrogens (primary N) is 1. The number of anilines is 1. The molecule has 0 radical (unpaired) electrons. The second-order valence-corrected chi connectivity index (χ2v) is 4.80. The third kappa shape index (κ3) is 6.16. The van der Waals surface area contributed by atoms with Gasteiger partial charge in [-0.3, -0.25) is 19.2 Å². The first-order valence-corrected chi connectivity index (χ1v) is 6.88. The maximum Gasteiger partial charge on any atom is 0.305 e. The van der Waals surface area contributed by atoms with Gasteiger partial charge in [0.1, 0.15) is 6.04 Å².